The van der Waals surface area contributed by atoms with Crippen LogP contribution in [0.4, 0.5) is 0 Å². The molecule has 2 heteroatoms. The number of ether oxygens (including phenoxy) is 1. The fraction of sp³-hybridized carbons (Fsp3) is 0.562. The van der Waals surface area contributed by atoms with Crippen molar-refractivity contribution >= 4 is 5.97 Å². The first-order chi connectivity index (χ1) is 8.74. The molecule has 1 aliphatic carbocycles. The second-order valence-corrected chi connectivity index (χ2v) is 5.43. The van der Waals surface area contributed by atoms with Crippen LogP contribution in [0.15, 0.2) is 30.3 Å². The molecule has 0 spiro atoms. The predicted molar refractivity (Wildman–Crippen MR) is 72.3 cm³/mol. The van der Waals surface area contributed by atoms with Gasteiger partial charge in [-0.2, -0.15) is 0 Å². The van der Waals surface area contributed by atoms with E-state index < -0.39 is 0 Å². The molecule has 1 aromatic carbocycles. The summed E-state index contributed by atoms with van der Waals surface area (Å²) in [5.74, 6) is -0.0446. The van der Waals surface area contributed by atoms with Crippen molar-refractivity contribution in [2.24, 2.45) is 5.41 Å². The third kappa shape index (κ3) is 3.34. The van der Waals surface area contributed by atoms with Gasteiger partial charge in [0.25, 0.3) is 0 Å². The van der Waals surface area contributed by atoms with E-state index in [2.05, 4.69) is 24.3 Å². The minimum absolute atomic E-state index is 0.0446. The van der Waals surface area contributed by atoms with Crippen LogP contribution < -0.4 is 0 Å². The van der Waals surface area contributed by atoms with Crippen molar-refractivity contribution in [1.29, 1.82) is 0 Å². The maximum absolute atomic E-state index is 11.5. The average molecular weight is 246 g/mol. The molecule has 1 aromatic rings. The van der Waals surface area contributed by atoms with Crippen LogP contribution in [0.25, 0.3) is 0 Å². The van der Waals surface area contributed by atoms with Crippen molar-refractivity contribution in [1.82, 2.24) is 0 Å². The molecule has 0 saturated heterocycles. The Balaban J connectivity index is 1.88. The summed E-state index contributed by atoms with van der Waals surface area (Å²) in [5, 5.41) is 0. The highest BCUT2D eigenvalue weighted by Gasteiger charge is 2.38. The molecule has 0 radical (unpaired) electrons. The Kier molecular flexibility index (Phi) is 4.40. The third-order valence-electron chi connectivity index (χ3n) is 3.83. The molecule has 98 valence electrons. The Bertz CT molecular complexity index is 379. The lowest BCUT2D eigenvalue weighted by Crippen LogP contribution is -2.37. The van der Waals surface area contributed by atoms with E-state index >= 15 is 0 Å². The second kappa shape index (κ2) is 6.03. The Morgan fingerprint density at radius 1 is 1.28 bits per heavy atom. The quantitative estimate of drug-likeness (QED) is 0.715. The zero-order valence-corrected chi connectivity index (χ0v) is 11.2. The summed E-state index contributed by atoms with van der Waals surface area (Å²) in [6.07, 6.45) is 6.07. The Morgan fingerprint density at radius 3 is 2.56 bits per heavy atom. The highest BCUT2D eigenvalue weighted by molar-refractivity contribution is 5.69. The zero-order chi connectivity index (χ0) is 12.8. The van der Waals surface area contributed by atoms with Gasteiger partial charge in [0, 0.05) is 11.8 Å². The van der Waals surface area contributed by atoms with E-state index in [1.54, 1.807) is 0 Å². The highest BCUT2D eigenvalue weighted by atomic mass is 16.5. The maximum atomic E-state index is 11.5. The lowest BCUT2D eigenvalue weighted by Gasteiger charge is -2.41. The van der Waals surface area contributed by atoms with E-state index in [1.807, 2.05) is 13.0 Å². The molecule has 0 atom stereocenters. The van der Waals surface area contributed by atoms with Gasteiger partial charge < -0.3 is 4.74 Å². The molecule has 0 unspecified atom stereocenters. The molecule has 2 nitrogen and oxygen atoms in total. The molecular weight excluding hydrogens is 224 g/mol. The van der Waals surface area contributed by atoms with Crippen LogP contribution in [0.3, 0.4) is 0 Å². The number of hydrogen-bond donors (Lipinski definition) is 0. The Labute approximate surface area is 109 Å². The number of hydrogen-bond acceptors (Lipinski definition) is 2. The van der Waals surface area contributed by atoms with Gasteiger partial charge in [-0.25, -0.2) is 0 Å². The molecule has 0 heterocycles. The van der Waals surface area contributed by atoms with Crippen LogP contribution in [0, 0.1) is 5.41 Å². The molecular formula is C16H22O2. The van der Waals surface area contributed by atoms with Gasteiger partial charge in [0.15, 0.2) is 0 Å². The number of benzene rings is 1. The number of carbonyl (C=O) groups is 1. The smallest absolute Gasteiger partial charge is 0.305 e. The van der Waals surface area contributed by atoms with Crippen molar-refractivity contribution in [3.63, 3.8) is 0 Å². The van der Waals surface area contributed by atoms with Crippen molar-refractivity contribution in [3.05, 3.63) is 35.9 Å². The molecule has 1 fully saturated rings. The van der Waals surface area contributed by atoms with Gasteiger partial charge in [0.05, 0.1) is 6.61 Å². The monoisotopic (exact) mass is 246 g/mol. The SMILES string of the molecule is CCCC(=O)OCC1(Cc2ccccc2)CCC1. The largest absolute Gasteiger partial charge is 0.465 e. The second-order valence-electron chi connectivity index (χ2n) is 5.43. The van der Waals surface area contributed by atoms with E-state index in [0.717, 1.165) is 12.8 Å². The average Bonchev–Trinajstić information content (AvgIpc) is 2.34. The topological polar surface area (TPSA) is 26.3 Å². The van der Waals surface area contributed by atoms with E-state index in [0.29, 0.717) is 13.0 Å². The molecule has 18 heavy (non-hydrogen) atoms. The molecule has 0 bridgehead atoms. The minimum Gasteiger partial charge on any atom is -0.465 e. The minimum atomic E-state index is -0.0446. The van der Waals surface area contributed by atoms with Gasteiger partial charge in [0.1, 0.15) is 0 Å². The van der Waals surface area contributed by atoms with E-state index in [-0.39, 0.29) is 11.4 Å². The lowest BCUT2D eigenvalue weighted by molar-refractivity contribution is -0.149. The summed E-state index contributed by atoms with van der Waals surface area (Å²) in [7, 11) is 0. The van der Waals surface area contributed by atoms with E-state index in [4.69, 9.17) is 4.74 Å². The van der Waals surface area contributed by atoms with Gasteiger partial charge in [-0.15, -0.1) is 0 Å². The van der Waals surface area contributed by atoms with Crippen LogP contribution in [0.1, 0.15) is 44.6 Å². The van der Waals surface area contributed by atoms with Crippen LogP contribution in [-0.4, -0.2) is 12.6 Å². The summed E-state index contributed by atoms with van der Waals surface area (Å²) in [6, 6.07) is 10.5. The molecule has 0 amide bonds. The van der Waals surface area contributed by atoms with Crippen LogP contribution >= 0.6 is 0 Å². The van der Waals surface area contributed by atoms with Gasteiger partial charge in [0.2, 0.25) is 0 Å². The Morgan fingerprint density at radius 2 is 2.00 bits per heavy atom. The molecule has 0 aliphatic heterocycles. The fourth-order valence-electron chi connectivity index (χ4n) is 2.59. The maximum Gasteiger partial charge on any atom is 0.305 e. The van der Waals surface area contributed by atoms with Crippen LogP contribution in [-0.2, 0) is 16.0 Å². The van der Waals surface area contributed by atoms with Crippen molar-refractivity contribution in [2.45, 2.75) is 45.4 Å². The van der Waals surface area contributed by atoms with Crippen molar-refractivity contribution in [3.8, 4) is 0 Å². The summed E-state index contributed by atoms with van der Waals surface area (Å²) >= 11 is 0. The van der Waals surface area contributed by atoms with Crippen molar-refractivity contribution < 1.29 is 9.53 Å². The third-order valence-corrected chi connectivity index (χ3v) is 3.83. The Hall–Kier alpha value is -1.31. The van der Waals surface area contributed by atoms with Crippen molar-refractivity contribution in [2.75, 3.05) is 6.61 Å². The summed E-state index contributed by atoms with van der Waals surface area (Å²) < 4.78 is 5.42. The first-order valence-corrected chi connectivity index (χ1v) is 6.94. The summed E-state index contributed by atoms with van der Waals surface area (Å²) in [4.78, 5) is 11.5. The number of carbonyl (C=O) groups excluding carboxylic acids is 1. The normalized spacial score (nSPS) is 16.9. The number of rotatable bonds is 6. The molecule has 2 rings (SSSR count). The fourth-order valence-corrected chi connectivity index (χ4v) is 2.59. The number of esters is 1. The standard InChI is InChI=1S/C16H22O2/c1-2-7-15(17)18-13-16(10-6-11-16)12-14-8-4-3-5-9-14/h3-5,8-9H,2,6-7,10-13H2,1H3. The van der Waals surface area contributed by atoms with Crippen LogP contribution in [0.2, 0.25) is 0 Å². The molecule has 0 aromatic heterocycles. The van der Waals surface area contributed by atoms with Gasteiger partial charge in [-0.05, 0) is 31.2 Å². The summed E-state index contributed by atoms with van der Waals surface area (Å²) in [5.41, 5.74) is 1.56. The zero-order valence-electron chi connectivity index (χ0n) is 11.2. The first-order valence-electron chi connectivity index (χ1n) is 6.94. The van der Waals surface area contributed by atoms with Gasteiger partial charge >= 0.3 is 5.97 Å². The summed E-state index contributed by atoms with van der Waals surface area (Å²) in [6.45, 7) is 2.60. The molecule has 1 aliphatic rings. The van der Waals surface area contributed by atoms with Gasteiger partial charge in [-0.1, -0.05) is 43.7 Å². The molecule has 1 saturated carbocycles. The van der Waals surface area contributed by atoms with E-state index in [9.17, 15) is 4.79 Å². The predicted octanol–water partition coefficient (Wildman–Crippen LogP) is 3.74. The lowest BCUT2D eigenvalue weighted by atomic mass is 9.66. The highest BCUT2D eigenvalue weighted by Crippen LogP contribution is 2.44. The van der Waals surface area contributed by atoms with Crippen LogP contribution in [0.5, 0.6) is 0 Å². The first kappa shape index (κ1) is 13.1. The van der Waals surface area contributed by atoms with E-state index in [1.165, 1.54) is 24.8 Å². The molecule has 0 N–H and O–H groups in total. The van der Waals surface area contributed by atoms with Gasteiger partial charge in [-0.3, -0.25) is 4.79 Å².